The van der Waals surface area contributed by atoms with Crippen LogP contribution in [0.3, 0.4) is 0 Å². The molecule has 1 unspecified atom stereocenters. The number of ether oxygens (including phenoxy) is 2. The van der Waals surface area contributed by atoms with Gasteiger partial charge in [-0.1, -0.05) is 0 Å². The number of nitrogens with one attached hydrogen (secondary N) is 2. The van der Waals surface area contributed by atoms with E-state index in [2.05, 4.69) is 15.6 Å². The van der Waals surface area contributed by atoms with Gasteiger partial charge in [0.05, 0.1) is 46.9 Å². The van der Waals surface area contributed by atoms with E-state index in [1.807, 2.05) is 0 Å². The van der Waals surface area contributed by atoms with Crippen LogP contribution in [0.15, 0.2) is 60.8 Å². The Kier molecular flexibility index (Phi) is 11.4. The van der Waals surface area contributed by atoms with Crippen LogP contribution >= 0.6 is 12.2 Å². The molecule has 2 N–H and O–H groups in total. The van der Waals surface area contributed by atoms with E-state index in [0.29, 0.717) is 11.0 Å². The minimum absolute atomic E-state index is 0.0178. The molecule has 1 atom stereocenters. The number of nitriles is 1. The normalized spacial score (nSPS) is 17.2. The van der Waals surface area contributed by atoms with Gasteiger partial charge in [-0.05, 0) is 81.0 Å². The summed E-state index contributed by atoms with van der Waals surface area (Å²) in [6, 6.07) is 9.86. The minimum atomic E-state index is -5.29. The Hall–Kier alpha value is -7.41. The maximum absolute atomic E-state index is 15.6. The predicted molar refractivity (Wildman–Crippen MR) is 209 cm³/mol. The molecule has 0 bridgehead atoms. The molecule has 7 rings (SSSR count). The smallest absolute Gasteiger partial charge is 0.420 e. The van der Waals surface area contributed by atoms with E-state index in [-0.39, 0.29) is 65.6 Å². The maximum Gasteiger partial charge on any atom is 0.420 e. The number of halogens is 6. The van der Waals surface area contributed by atoms with Crippen molar-refractivity contribution in [3.63, 3.8) is 0 Å². The summed E-state index contributed by atoms with van der Waals surface area (Å²) >= 11 is 5.39. The molecule has 3 aliphatic heterocycles. The Labute approximate surface area is 357 Å². The van der Waals surface area contributed by atoms with Crippen molar-refractivity contribution in [3.05, 3.63) is 100 Å². The molecule has 2 fully saturated rings. The van der Waals surface area contributed by atoms with Crippen molar-refractivity contribution >= 4 is 64.1 Å². The number of rotatable bonds is 11. The highest BCUT2D eigenvalue weighted by Gasteiger charge is 2.52. The van der Waals surface area contributed by atoms with Crippen LogP contribution in [-0.4, -0.2) is 81.8 Å². The zero-order chi connectivity index (χ0) is 45.7. The summed E-state index contributed by atoms with van der Waals surface area (Å²) in [5.74, 6) is -8.38. The number of aromatic nitrogens is 1. The second-order valence-electron chi connectivity index (χ2n) is 14.6. The minimum Gasteiger partial charge on any atom is -0.489 e. The number of imide groups is 2. The molecular weight excluding hydrogens is 865 g/mol. The molecule has 0 aliphatic carbocycles. The lowest BCUT2D eigenvalue weighted by Gasteiger charge is -2.29. The number of benzene rings is 3. The average molecular weight is 894 g/mol. The molecule has 0 spiro atoms. The molecule has 3 aromatic carbocycles. The number of alkyl halides is 3. The Bertz CT molecular complexity index is 2720. The number of piperidine rings is 1. The number of fused-ring (bicyclic) bond motifs is 1. The molecule has 0 saturated carbocycles. The summed E-state index contributed by atoms with van der Waals surface area (Å²) in [4.78, 5) is 82.1. The topological polar surface area (TPSA) is 191 Å². The molecule has 324 valence electrons. The molecule has 3 aliphatic rings. The number of carbonyl (C=O) groups is 6. The van der Waals surface area contributed by atoms with Gasteiger partial charge in [-0.3, -0.25) is 48.9 Å². The van der Waals surface area contributed by atoms with Gasteiger partial charge in [-0.15, -0.1) is 0 Å². The summed E-state index contributed by atoms with van der Waals surface area (Å²) in [5, 5.41) is 13.2. The van der Waals surface area contributed by atoms with E-state index in [0.717, 1.165) is 34.2 Å². The van der Waals surface area contributed by atoms with Crippen LogP contribution in [0.25, 0.3) is 11.3 Å². The molecule has 2 saturated heterocycles. The van der Waals surface area contributed by atoms with Gasteiger partial charge in [0.2, 0.25) is 11.8 Å². The highest BCUT2D eigenvalue weighted by Crippen LogP contribution is 2.42. The predicted octanol–water partition coefficient (Wildman–Crippen LogP) is 4.95. The molecule has 4 aromatic rings. The van der Waals surface area contributed by atoms with Gasteiger partial charge in [-0.25, -0.2) is 13.2 Å². The largest absolute Gasteiger partial charge is 0.489 e. The third kappa shape index (κ3) is 7.98. The number of amides is 6. The fourth-order valence-corrected chi connectivity index (χ4v) is 7.68. The van der Waals surface area contributed by atoms with Gasteiger partial charge in [0, 0.05) is 18.1 Å². The first-order valence-corrected chi connectivity index (χ1v) is 19.0. The van der Waals surface area contributed by atoms with Gasteiger partial charge in [0.15, 0.2) is 34.9 Å². The van der Waals surface area contributed by atoms with Crippen molar-refractivity contribution in [1.29, 1.82) is 5.26 Å². The first-order valence-electron chi connectivity index (χ1n) is 18.6. The van der Waals surface area contributed by atoms with Crippen molar-refractivity contribution < 1.29 is 64.6 Å². The van der Waals surface area contributed by atoms with Crippen LogP contribution in [0.1, 0.15) is 58.5 Å². The molecule has 6 amide bonds. The fraction of sp³-hybridized carbons (Fsp3) is 0.244. The summed E-state index contributed by atoms with van der Waals surface area (Å²) in [7, 11) is 0. The highest BCUT2D eigenvalue weighted by atomic mass is 32.1. The first-order chi connectivity index (χ1) is 29.7. The average Bonchev–Trinajstić information content (AvgIpc) is 3.57. The second kappa shape index (κ2) is 16.5. The lowest BCUT2D eigenvalue weighted by atomic mass is 10.0. The van der Waals surface area contributed by atoms with Crippen molar-refractivity contribution in [3.8, 4) is 28.8 Å². The zero-order valence-electron chi connectivity index (χ0n) is 32.6. The Morgan fingerprint density at radius 2 is 1.71 bits per heavy atom. The third-order valence-corrected chi connectivity index (χ3v) is 10.6. The molecule has 63 heavy (non-hydrogen) atoms. The van der Waals surface area contributed by atoms with E-state index >= 15 is 13.2 Å². The first kappa shape index (κ1) is 43.7. The van der Waals surface area contributed by atoms with E-state index in [9.17, 15) is 41.9 Å². The third-order valence-electron chi connectivity index (χ3n) is 10.2. The van der Waals surface area contributed by atoms with E-state index in [1.54, 1.807) is 0 Å². The Balaban J connectivity index is 0.942. The van der Waals surface area contributed by atoms with E-state index in [1.165, 1.54) is 50.2 Å². The molecule has 0 radical (unpaired) electrons. The SMILES string of the molecule is CC1(C)C(=O)N(c2ccc(C#N)c(C(F)(F)F)c2F)C(=S)N1c1cnc(-c2ccc(OCCNC(=O)COc3ccc4c(c3)C(=O)N(C3CCC(=O)NC3=O)C4=O)c(F)c2)c(F)c1. The highest BCUT2D eigenvalue weighted by molar-refractivity contribution is 7.81. The fourth-order valence-electron chi connectivity index (χ4n) is 7.17. The Morgan fingerprint density at radius 1 is 0.984 bits per heavy atom. The summed E-state index contributed by atoms with van der Waals surface area (Å²) in [6.07, 6.45) is -4.27. The Morgan fingerprint density at radius 3 is 2.38 bits per heavy atom. The van der Waals surface area contributed by atoms with Crippen LogP contribution in [0, 0.1) is 28.8 Å². The lowest BCUT2D eigenvalue weighted by Crippen LogP contribution is -2.54. The standard InChI is InChI=1S/C41H29F6N7O8S/c1-40(2)38(60)53(27-7-3-20(16-48)32(33(27)44)41(45,46)47)39(63)54(40)21-14-26(43)34(50-17-21)19-4-9-29(25(42)13-19)61-12-11-49-31(56)18-62-22-5-6-23-24(15-22)37(59)52(36(23)58)28-8-10-30(55)51-35(28)57/h3-7,9,13-15,17,28H,8,10-12,18H2,1-2H3,(H,49,56)(H,51,55,57). The molecule has 22 heteroatoms. The number of pyridine rings is 1. The molecule has 4 heterocycles. The number of hydrogen-bond acceptors (Lipinski definition) is 11. The van der Waals surface area contributed by atoms with Crippen LogP contribution in [-0.2, 0) is 25.4 Å². The lowest BCUT2D eigenvalue weighted by molar-refractivity contribution is -0.140. The van der Waals surface area contributed by atoms with Gasteiger partial charge < -0.3 is 19.7 Å². The summed E-state index contributed by atoms with van der Waals surface area (Å²) in [5.41, 5.74) is -6.02. The van der Waals surface area contributed by atoms with E-state index < -0.39 is 99.2 Å². The second-order valence-corrected chi connectivity index (χ2v) is 14.9. The van der Waals surface area contributed by atoms with Crippen molar-refractivity contribution in [2.24, 2.45) is 0 Å². The number of anilines is 2. The monoisotopic (exact) mass is 893 g/mol. The van der Waals surface area contributed by atoms with Crippen LogP contribution in [0.2, 0.25) is 0 Å². The van der Waals surface area contributed by atoms with Crippen molar-refractivity contribution in [2.45, 2.75) is 44.4 Å². The van der Waals surface area contributed by atoms with Gasteiger partial charge >= 0.3 is 6.18 Å². The van der Waals surface area contributed by atoms with Crippen molar-refractivity contribution in [2.75, 3.05) is 29.6 Å². The van der Waals surface area contributed by atoms with Crippen LogP contribution < -0.4 is 29.9 Å². The number of thiocarbonyl (C=S) groups is 1. The molecule has 15 nitrogen and oxygen atoms in total. The summed E-state index contributed by atoms with van der Waals surface area (Å²) < 4.78 is 98.2. The van der Waals surface area contributed by atoms with Gasteiger partial charge in [0.1, 0.15) is 35.2 Å². The number of hydrogen-bond donors (Lipinski definition) is 2. The number of carbonyl (C=O) groups excluding carboxylic acids is 6. The molecule has 1 aromatic heterocycles. The number of nitrogens with zero attached hydrogens (tertiary/aromatic N) is 5. The summed E-state index contributed by atoms with van der Waals surface area (Å²) in [6.45, 7) is 1.78. The zero-order valence-corrected chi connectivity index (χ0v) is 33.4. The van der Waals surface area contributed by atoms with Gasteiger partial charge in [0.25, 0.3) is 23.6 Å². The van der Waals surface area contributed by atoms with Crippen LogP contribution in [0.5, 0.6) is 11.5 Å². The van der Waals surface area contributed by atoms with Gasteiger partial charge in [-0.2, -0.15) is 18.4 Å². The van der Waals surface area contributed by atoms with Crippen molar-refractivity contribution in [1.82, 2.24) is 20.5 Å². The van der Waals surface area contributed by atoms with Crippen LogP contribution in [0.4, 0.5) is 37.7 Å². The quantitative estimate of drug-likeness (QED) is 0.0894. The van der Waals surface area contributed by atoms with E-state index in [4.69, 9.17) is 27.0 Å². The molecular formula is C41H29F6N7O8S. The maximum atomic E-state index is 15.6.